The molecule has 10 nitrogen and oxygen atoms in total. The van der Waals surface area contributed by atoms with Gasteiger partial charge in [-0.2, -0.15) is 4.31 Å². The third kappa shape index (κ3) is 4.53. The van der Waals surface area contributed by atoms with Crippen LogP contribution < -0.4 is 5.32 Å². The molecule has 2 saturated heterocycles. The molecule has 12 heteroatoms. The van der Waals surface area contributed by atoms with Crippen LogP contribution in [0.15, 0.2) is 58.3 Å². The first-order valence-corrected chi connectivity index (χ1v) is 14.1. The quantitative estimate of drug-likeness (QED) is 0.482. The van der Waals surface area contributed by atoms with Gasteiger partial charge in [0.15, 0.2) is 12.2 Å². The molecule has 0 radical (unpaired) electrons. The first kappa shape index (κ1) is 25.4. The molecule has 3 aliphatic rings. The minimum atomic E-state index is -3.73. The van der Waals surface area contributed by atoms with Gasteiger partial charge in [-0.05, 0) is 66.6 Å². The number of fused-ring (bicyclic) bond motifs is 1. The van der Waals surface area contributed by atoms with Crippen molar-refractivity contribution in [1.29, 1.82) is 0 Å². The lowest BCUT2D eigenvalue weighted by Crippen LogP contribution is -2.52. The van der Waals surface area contributed by atoms with Gasteiger partial charge >= 0.3 is 0 Å². The van der Waals surface area contributed by atoms with Crippen molar-refractivity contribution in [3.63, 3.8) is 0 Å². The summed E-state index contributed by atoms with van der Waals surface area (Å²) in [5.41, 5.74) is 2.00. The molecule has 3 amide bonds. The highest BCUT2D eigenvalue weighted by molar-refractivity contribution is 7.89. The van der Waals surface area contributed by atoms with Crippen molar-refractivity contribution in [2.75, 3.05) is 13.1 Å². The highest BCUT2D eigenvalue weighted by atomic mass is 32.2. The third-order valence-electron chi connectivity index (χ3n) is 7.74. The predicted octanol–water partition coefficient (Wildman–Crippen LogP) is 2.81. The molecule has 4 heterocycles. The van der Waals surface area contributed by atoms with E-state index in [1.165, 1.54) is 33.8 Å². The van der Waals surface area contributed by atoms with Crippen LogP contribution in [0, 0.1) is 5.82 Å². The Hall–Kier alpha value is -3.90. The lowest BCUT2D eigenvalue weighted by atomic mass is 9.88. The van der Waals surface area contributed by atoms with Gasteiger partial charge < -0.3 is 9.32 Å². The van der Waals surface area contributed by atoms with Crippen molar-refractivity contribution in [3.05, 3.63) is 71.5 Å². The van der Waals surface area contributed by atoms with Crippen LogP contribution in [0.3, 0.4) is 0 Å². The fourth-order valence-corrected chi connectivity index (χ4v) is 7.10. The summed E-state index contributed by atoms with van der Waals surface area (Å²) in [6, 6.07) is 8.52. The Morgan fingerprint density at radius 1 is 1.03 bits per heavy atom. The number of oxazole rings is 1. The van der Waals surface area contributed by atoms with Crippen molar-refractivity contribution in [1.82, 2.24) is 19.5 Å². The molecule has 202 valence electrons. The third-order valence-corrected chi connectivity index (χ3v) is 9.66. The molecular formula is C27H25FN4O6S. The molecule has 3 aromatic rings. The van der Waals surface area contributed by atoms with E-state index in [9.17, 15) is 22.8 Å². The molecule has 1 unspecified atom stereocenters. The highest BCUT2D eigenvalue weighted by Gasteiger charge is 2.40. The zero-order valence-electron chi connectivity index (χ0n) is 20.8. The number of hydrogen-bond donors (Lipinski definition) is 1. The summed E-state index contributed by atoms with van der Waals surface area (Å²) < 4.78 is 48.3. The standard InChI is InChI=1S/C27H25FN4O6S/c28-22-12-21-18(14-32(27(21)35)23-5-6-25(33)30-26(23)34)11-20(22)16-7-9-31(10-8-16)39(36,37)19-3-1-17(2-4-19)24-13-29-15-38-24/h1-4,11-13,15-16,23H,5-10,14H2,(H,30,33,34). The molecule has 0 spiro atoms. The molecule has 39 heavy (non-hydrogen) atoms. The Morgan fingerprint density at radius 3 is 2.44 bits per heavy atom. The topological polar surface area (TPSA) is 130 Å². The minimum Gasteiger partial charge on any atom is -0.444 e. The molecule has 0 bridgehead atoms. The van der Waals surface area contributed by atoms with Gasteiger partial charge in [0.05, 0.1) is 11.1 Å². The lowest BCUT2D eigenvalue weighted by Gasteiger charge is -2.31. The monoisotopic (exact) mass is 552 g/mol. The number of carbonyl (C=O) groups is 3. The molecule has 1 N–H and O–H groups in total. The van der Waals surface area contributed by atoms with Crippen LogP contribution in [0.4, 0.5) is 4.39 Å². The highest BCUT2D eigenvalue weighted by Crippen LogP contribution is 2.36. The first-order chi connectivity index (χ1) is 18.7. The molecule has 1 aromatic heterocycles. The fourth-order valence-electron chi connectivity index (χ4n) is 5.63. The number of imide groups is 1. The number of amides is 3. The van der Waals surface area contributed by atoms with Gasteiger partial charge in [-0.3, -0.25) is 19.7 Å². The maximum Gasteiger partial charge on any atom is 0.255 e. The number of benzene rings is 2. The summed E-state index contributed by atoms with van der Waals surface area (Å²) in [6.07, 6.45) is 4.08. The number of aromatic nitrogens is 1. The summed E-state index contributed by atoms with van der Waals surface area (Å²) in [4.78, 5) is 42.2. The average molecular weight is 553 g/mol. The summed E-state index contributed by atoms with van der Waals surface area (Å²) >= 11 is 0. The second-order valence-corrected chi connectivity index (χ2v) is 11.9. The lowest BCUT2D eigenvalue weighted by molar-refractivity contribution is -0.136. The van der Waals surface area contributed by atoms with E-state index >= 15 is 4.39 Å². The predicted molar refractivity (Wildman–Crippen MR) is 135 cm³/mol. The molecular weight excluding hydrogens is 527 g/mol. The Bertz CT molecular complexity index is 1560. The maximum absolute atomic E-state index is 15.2. The molecule has 6 rings (SSSR count). The van der Waals surface area contributed by atoms with E-state index in [1.54, 1.807) is 24.4 Å². The molecule has 1 atom stereocenters. The largest absolute Gasteiger partial charge is 0.444 e. The van der Waals surface area contributed by atoms with Crippen LogP contribution in [-0.2, 0) is 26.2 Å². The van der Waals surface area contributed by atoms with E-state index in [1.807, 2.05) is 0 Å². The van der Waals surface area contributed by atoms with Gasteiger partial charge in [0.25, 0.3) is 5.91 Å². The maximum atomic E-state index is 15.2. The minimum absolute atomic E-state index is 0.142. The van der Waals surface area contributed by atoms with E-state index in [2.05, 4.69) is 10.3 Å². The van der Waals surface area contributed by atoms with Gasteiger partial charge in [-0.25, -0.2) is 17.8 Å². The van der Waals surface area contributed by atoms with Crippen molar-refractivity contribution < 1.29 is 31.6 Å². The Morgan fingerprint density at radius 2 is 1.77 bits per heavy atom. The number of hydrogen-bond acceptors (Lipinski definition) is 7. The number of sulfonamides is 1. The molecule has 0 aliphatic carbocycles. The Balaban J connectivity index is 1.15. The molecule has 2 aromatic carbocycles. The van der Waals surface area contributed by atoms with E-state index in [4.69, 9.17) is 4.42 Å². The molecule has 3 aliphatic heterocycles. The average Bonchev–Trinajstić information content (AvgIpc) is 3.57. The number of piperidine rings is 2. The normalized spacial score (nSPS) is 20.8. The first-order valence-electron chi connectivity index (χ1n) is 12.7. The fraction of sp³-hybridized carbons (Fsp3) is 0.333. The zero-order valence-corrected chi connectivity index (χ0v) is 21.6. The van der Waals surface area contributed by atoms with Crippen LogP contribution in [-0.4, -0.2) is 59.5 Å². The van der Waals surface area contributed by atoms with Crippen molar-refractivity contribution in [2.45, 2.75) is 49.1 Å². The summed E-state index contributed by atoms with van der Waals surface area (Å²) in [7, 11) is -3.73. The summed E-state index contributed by atoms with van der Waals surface area (Å²) in [5.74, 6) is -1.51. The van der Waals surface area contributed by atoms with Crippen LogP contribution >= 0.6 is 0 Å². The van der Waals surface area contributed by atoms with E-state index in [0.717, 1.165) is 0 Å². The van der Waals surface area contributed by atoms with Crippen molar-refractivity contribution >= 4 is 27.7 Å². The molecule has 0 saturated carbocycles. The van der Waals surface area contributed by atoms with Crippen LogP contribution in [0.1, 0.15) is 53.1 Å². The number of halogens is 1. The smallest absolute Gasteiger partial charge is 0.255 e. The van der Waals surface area contributed by atoms with Crippen LogP contribution in [0.5, 0.6) is 0 Å². The van der Waals surface area contributed by atoms with Gasteiger partial charge in [0.1, 0.15) is 11.9 Å². The van der Waals surface area contributed by atoms with Gasteiger partial charge in [0, 0.05) is 37.2 Å². The van der Waals surface area contributed by atoms with Gasteiger partial charge in [0.2, 0.25) is 21.8 Å². The Labute approximate surface area is 223 Å². The Kier molecular flexibility index (Phi) is 6.31. The van der Waals surface area contributed by atoms with Gasteiger partial charge in [-0.15, -0.1) is 0 Å². The van der Waals surface area contributed by atoms with Crippen molar-refractivity contribution in [3.8, 4) is 11.3 Å². The number of carbonyl (C=O) groups excluding carboxylic acids is 3. The van der Waals surface area contributed by atoms with Crippen LogP contribution in [0.25, 0.3) is 11.3 Å². The van der Waals surface area contributed by atoms with Gasteiger partial charge in [-0.1, -0.05) is 6.07 Å². The number of nitrogens with zero attached hydrogens (tertiary/aromatic N) is 3. The second-order valence-electron chi connectivity index (χ2n) is 10.00. The summed E-state index contributed by atoms with van der Waals surface area (Å²) in [5, 5.41) is 2.26. The molecule has 2 fully saturated rings. The second kappa shape index (κ2) is 9.69. The zero-order chi connectivity index (χ0) is 27.3. The van der Waals surface area contributed by atoms with E-state index < -0.39 is 33.7 Å². The summed E-state index contributed by atoms with van der Waals surface area (Å²) in [6.45, 7) is 0.619. The SMILES string of the molecule is O=C1CCC(N2Cc3cc(C4CCN(S(=O)(=O)c5ccc(-c6cnco6)cc5)CC4)c(F)cc3C2=O)C(=O)N1. The number of nitrogens with one attached hydrogen (secondary N) is 1. The number of rotatable bonds is 5. The van der Waals surface area contributed by atoms with E-state index in [0.29, 0.717) is 35.3 Å². The van der Waals surface area contributed by atoms with Crippen LogP contribution in [0.2, 0.25) is 0 Å². The van der Waals surface area contributed by atoms with E-state index in [-0.39, 0.29) is 54.8 Å². The van der Waals surface area contributed by atoms with Crippen molar-refractivity contribution in [2.24, 2.45) is 0 Å².